The van der Waals surface area contributed by atoms with Gasteiger partial charge in [0.2, 0.25) is 0 Å². The van der Waals surface area contributed by atoms with Crippen molar-refractivity contribution in [1.29, 1.82) is 0 Å². The third-order valence-corrected chi connectivity index (χ3v) is 8.75. The first-order chi connectivity index (χ1) is 14.9. The molecule has 3 aromatic rings. The number of thiazole rings is 1. The number of carboxylic acids is 1. The van der Waals surface area contributed by atoms with Gasteiger partial charge in [-0.05, 0) is 24.1 Å². The molecule has 2 fully saturated rings. The molecule has 1 aliphatic heterocycles. The standard InChI is InChI=1S/C21H22N4O4S2/c26-19(27)21(14-16(21)15-6-2-1-3-7-15)23-31(28,29)25-12-10-24(11-13-25)20-22-17-8-4-5-9-18(17)30-20/h1-9,16,23H,10-14H2,(H,26,27). The van der Waals surface area contributed by atoms with Crippen molar-refractivity contribution in [1.82, 2.24) is 14.0 Å². The van der Waals surface area contributed by atoms with Gasteiger partial charge in [-0.3, -0.25) is 4.79 Å². The van der Waals surface area contributed by atoms with Crippen LogP contribution in [0.3, 0.4) is 0 Å². The molecule has 5 rings (SSSR count). The van der Waals surface area contributed by atoms with Crippen LogP contribution in [0.5, 0.6) is 0 Å². The molecule has 1 saturated carbocycles. The highest BCUT2D eigenvalue weighted by molar-refractivity contribution is 7.87. The van der Waals surface area contributed by atoms with Gasteiger partial charge in [-0.2, -0.15) is 17.4 Å². The minimum Gasteiger partial charge on any atom is -0.480 e. The molecule has 1 aromatic heterocycles. The second kappa shape index (κ2) is 7.56. The van der Waals surface area contributed by atoms with Crippen LogP contribution in [0.1, 0.15) is 17.9 Å². The largest absolute Gasteiger partial charge is 0.480 e. The second-order valence-electron chi connectivity index (χ2n) is 7.90. The number of hydrogen-bond donors (Lipinski definition) is 2. The van der Waals surface area contributed by atoms with Crippen LogP contribution in [0, 0.1) is 0 Å². The molecular formula is C21H22N4O4S2. The Kier molecular flexibility index (Phi) is 4.97. The second-order valence-corrected chi connectivity index (χ2v) is 10.6. The number of aromatic nitrogens is 1. The lowest BCUT2D eigenvalue weighted by Gasteiger charge is -2.34. The van der Waals surface area contributed by atoms with Crippen molar-refractivity contribution in [3.63, 3.8) is 0 Å². The number of nitrogens with zero attached hydrogens (tertiary/aromatic N) is 3. The van der Waals surface area contributed by atoms with Crippen molar-refractivity contribution in [3.05, 3.63) is 60.2 Å². The molecule has 162 valence electrons. The van der Waals surface area contributed by atoms with Gasteiger partial charge in [-0.25, -0.2) is 4.98 Å². The highest BCUT2D eigenvalue weighted by atomic mass is 32.2. The summed E-state index contributed by atoms with van der Waals surface area (Å²) in [5, 5.41) is 10.7. The number of aliphatic carboxylic acids is 1. The van der Waals surface area contributed by atoms with Gasteiger partial charge in [0.15, 0.2) is 5.13 Å². The van der Waals surface area contributed by atoms with E-state index in [4.69, 9.17) is 0 Å². The van der Waals surface area contributed by atoms with Crippen LogP contribution >= 0.6 is 11.3 Å². The molecule has 0 bridgehead atoms. The zero-order valence-corrected chi connectivity index (χ0v) is 18.3. The van der Waals surface area contributed by atoms with E-state index in [2.05, 4.69) is 14.6 Å². The maximum absolute atomic E-state index is 13.0. The first kappa shape index (κ1) is 20.4. The van der Waals surface area contributed by atoms with Gasteiger partial charge in [0, 0.05) is 32.1 Å². The average molecular weight is 459 g/mol. The molecule has 0 radical (unpaired) electrons. The number of carboxylic acid groups (broad SMARTS) is 1. The van der Waals surface area contributed by atoms with E-state index >= 15 is 0 Å². The van der Waals surface area contributed by atoms with Gasteiger partial charge in [-0.15, -0.1) is 0 Å². The van der Waals surface area contributed by atoms with Gasteiger partial charge in [-0.1, -0.05) is 53.8 Å². The summed E-state index contributed by atoms with van der Waals surface area (Å²) in [5.74, 6) is -1.51. The first-order valence-corrected chi connectivity index (χ1v) is 12.3. The molecule has 31 heavy (non-hydrogen) atoms. The number of anilines is 1. The fraction of sp³-hybridized carbons (Fsp3) is 0.333. The number of nitrogens with one attached hydrogen (secondary N) is 1. The van der Waals surface area contributed by atoms with E-state index in [1.54, 1.807) is 11.3 Å². The van der Waals surface area contributed by atoms with Crippen LogP contribution in [0.25, 0.3) is 10.2 Å². The van der Waals surface area contributed by atoms with Gasteiger partial charge in [0.25, 0.3) is 10.2 Å². The van der Waals surface area contributed by atoms with Crippen LogP contribution in [-0.4, -0.2) is 60.5 Å². The predicted molar refractivity (Wildman–Crippen MR) is 120 cm³/mol. The molecule has 2 atom stereocenters. The molecule has 2 N–H and O–H groups in total. The molecule has 0 spiro atoms. The van der Waals surface area contributed by atoms with Gasteiger partial charge >= 0.3 is 5.97 Å². The predicted octanol–water partition coefficient (Wildman–Crippen LogP) is 2.26. The molecule has 1 aliphatic carbocycles. The Morgan fingerprint density at radius 3 is 2.42 bits per heavy atom. The van der Waals surface area contributed by atoms with Crippen LogP contribution in [0.2, 0.25) is 0 Å². The molecular weight excluding hydrogens is 436 g/mol. The summed E-state index contributed by atoms with van der Waals surface area (Å²) < 4.78 is 31.0. The highest BCUT2D eigenvalue weighted by Gasteiger charge is 2.63. The Hall–Kier alpha value is -2.53. The molecule has 2 aromatic carbocycles. The number of piperazine rings is 1. The summed E-state index contributed by atoms with van der Waals surface area (Å²) in [7, 11) is -3.94. The monoisotopic (exact) mass is 458 g/mol. The van der Waals surface area contributed by atoms with Crippen molar-refractivity contribution >= 4 is 42.9 Å². The van der Waals surface area contributed by atoms with Crippen molar-refractivity contribution in [3.8, 4) is 0 Å². The summed E-state index contributed by atoms with van der Waals surface area (Å²) in [6.07, 6.45) is 0.247. The SMILES string of the molecule is O=C(O)C1(NS(=O)(=O)N2CCN(c3nc4ccccc4s3)CC2)CC1c1ccccc1. The Morgan fingerprint density at radius 1 is 1.06 bits per heavy atom. The maximum Gasteiger partial charge on any atom is 0.325 e. The van der Waals surface area contributed by atoms with E-state index < -0.39 is 21.7 Å². The minimum absolute atomic E-state index is 0.247. The number of hydrogen-bond acceptors (Lipinski definition) is 6. The summed E-state index contributed by atoms with van der Waals surface area (Å²) in [6, 6.07) is 17.1. The lowest BCUT2D eigenvalue weighted by molar-refractivity contribution is -0.140. The number of carbonyl (C=O) groups is 1. The molecule has 2 heterocycles. The Labute approximate surface area is 184 Å². The smallest absolute Gasteiger partial charge is 0.325 e. The number of benzene rings is 2. The fourth-order valence-corrected chi connectivity index (χ4v) is 6.72. The summed E-state index contributed by atoms with van der Waals surface area (Å²) in [5.41, 5.74) is 0.279. The van der Waals surface area contributed by atoms with E-state index in [0.29, 0.717) is 13.1 Å². The fourth-order valence-electron chi connectivity index (χ4n) is 4.15. The third kappa shape index (κ3) is 3.69. The van der Waals surface area contributed by atoms with E-state index in [-0.39, 0.29) is 25.4 Å². The Bertz CT molecular complexity index is 1190. The van der Waals surface area contributed by atoms with Crippen LogP contribution in [0.4, 0.5) is 5.13 Å². The summed E-state index contributed by atoms with van der Waals surface area (Å²) in [4.78, 5) is 18.7. The topological polar surface area (TPSA) is 103 Å². The van der Waals surface area contributed by atoms with E-state index in [1.165, 1.54) is 4.31 Å². The van der Waals surface area contributed by atoms with E-state index in [1.807, 2.05) is 54.6 Å². The number of rotatable bonds is 6. The molecule has 0 amide bonds. The van der Waals surface area contributed by atoms with Crippen molar-refractivity contribution in [2.45, 2.75) is 17.9 Å². The third-order valence-electron chi connectivity index (χ3n) is 5.99. The molecule has 2 unspecified atom stereocenters. The number of para-hydroxylation sites is 1. The van der Waals surface area contributed by atoms with E-state index in [0.717, 1.165) is 20.9 Å². The average Bonchev–Trinajstić information content (AvgIpc) is 3.33. The maximum atomic E-state index is 13.0. The summed E-state index contributed by atoms with van der Waals surface area (Å²) >= 11 is 1.59. The number of fused-ring (bicyclic) bond motifs is 1. The highest BCUT2D eigenvalue weighted by Crippen LogP contribution is 2.52. The van der Waals surface area contributed by atoms with Crippen molar-refractivity contribution in [2.75, 3.05) is 31.1 Å². The van der Waals surface area contributed by atoms with Gasteiger partial charge < -0.3 is 10.0 Å². The van der Waals surface area contributed by atoms with E-state index in [9.17, 15) is 18.3 Å². The van der Waals surface area contributed by atoms with Gasteiger partial charge in [0.1, 0.15) is 5.54 Å². The molecule has 1 saturated heterocycles. The molecule has 2 aliphatic rings. The minimum atomic E-state index is -3.94. The quantitative estimate of drug-likeness (QED) is 0.587. The summed E-state index contributed by atoms with van der Waals surface area (Å²) in [6.45, 7) is 1.56. The zero-order valence-electron chi connectivity index (χ0n) is 16.6. The van der Waals surface area contributed by atoms with Gasteiger partial charge in [0.05, 0.1) is 10.2 Å². The lowest BCUT2D eigenvalue weighted by Crippen LogP contribution is -2.56. The Morgan fingerprint density at radius 2 is 1.74 bits per heavy atom. The normalized spacial score (nSPS) is 24.4. The Balaban J connectivity index is 1.28. The molecule has 10 heteroatoms. The van der Waals surface area contributed by atoms with Crippen LogP contribution < -0.4 is 9.62 Å². The van der Waals surface area contributed by atoms with Crippen molar-refractivity contribution in [2.24, 2.45) is 0 Å². The lowest BCUT2D eigenvalue weighted by atomic mass is 10.1. The van der Waals surface area contributed by atoms with Crippen molar-refractivity contribution < 1.29 is 18.3 Å². The zero-order chi connectivity index (χ0) is 21.6. The molecule has 8 nitrogen and oxygen atoms in total. The first-order valence-electron chi connectivity index (χ1n) is 10.1. The van der Waals surface area contributed by atoms with Crippen LogP contribution in [0.15, 0.2) is 54.6 Å². The van der Waals surface area contributed by atoms with Crippen LogP contribution in [-0.2, 0) is 15.0 Å².